The molecule has 0 N–H and O–H groups in total. The highest BCUT2D eigenvalue weighted by atomic mass is 16.6. The van der Waals surface area contributed by atoms with Gasteiger partial charge in [-0.3, -0.25) is 4.90 Å². The molecule has 9 nitrogen and oxygen atoms in total. The van der Waals surface area contributed by atoms with Crippen molar-refractivity contribution in [2.75, 3.05) is 48.5 Å². The minimum absolute atomic E-state index is 0.0623. The molecule has 7 heterocycles. The molecule has 3 atom stereocenters. The average Bonchev–Trinajstić information content (AvgIpc) is 3.26. The molecule has 6 bridgehead atoms. The smallest absolute Gasteiger partial charge is 0.204 e. The van der Waals surface area contributed by atoms with E-state index in [9.17, 15) is 5.21 Å². The molecular formula is C38H40N2O7. The van der Waals surface area contributed by atoms with Gasteiger partial charge in [-0.15, -0.1) is 0 Å². The molecule has 0 aromatic heterocycles. The highest BCUT2D eigenvalue weighted by Crippen LogP contribution is 2.54. The van der Waals surface area contributed by atoms with Crippen LogP contribution in [0.5, 0.6) is 46.0 Å². The zero-order valence-corrected chi connectivity index (χ0v) is 27.6. The summed E-state index contributed by atoms with van der Waals surface area (Å²) in [5.41, 5.74) is 7.33. The molecule has 0 aliphatic carbocycles. The average molecular weight is 637 g/mol. The Hall–Kier alpha value is -4.44. The summed E-state index contributed by atoms with van der Waals surface area (Å²) in [5, 5.41) is 14.3. The van der Waals surface area contributed by atoms with Gasteiger partial charge >= 0.3 is 0 Å². The number of hydrogen-bond acceptors (Lipinski definition) is 8. The van der Waals surface area contributed by atoms with Gasteiger partial charge in [-0.05, 0) is 78.5 Å². The van der Waals surface area contributed by atoms with Crippen LogP contribution >= 0.6 is 0 Å². The van der Waals surface area contributed by atoms with E-state index in [1.165, 1.54) is 5.56 Å². The van der Waals surface area contributed by atoms with Crippen LogP contribution in [0.4, 0.5) is 0 Å². The van der Waals surface area contributed by atoms with Gasteiger partial charge in [0, 0.05) is 36.6 Å². The Kier molecular flexibility index (Phi) is 7.24. The summed E-state index contributed by atoms with van der Waals surface area (Å²) in [4.78, 5) is 2.39. The Morgan fingerprint density at radius 3 is 2.28 bits per heavy atom. The van der Waals surface area contributed by atoms with Crippen LogP contribution in [0.15, 0.2) is 54.6 Å². The molecule has 0 amide bonds. The van der Waals surface area contributed by atoms with Gasteiger partial charge in [-0.2, -0.15) is 0 Å². The SMILES string of the molecule is COc1cc2c3c4c1OCc1cc(ccc1O4)C[C@@H]1c4c(cc(OC)c(OC)c4Oc4ccc(cc4)C[C@H]3N(C)CC2)CC[N@+]1(C)[O-]. The van der Waals surface area contributed by atoms with Crippen LogP contribution in [0.2, 0.25) is 0 Å². The fourth-order valence-corrected chi connectivity index (χ4v) is 7.83. The predicted octanol–water partition coefficient (Wildman–Crippen LogP) is 7.06. The first kappa shape index (κ1) is 29.9. The van der Waals surface area contributed by atoms with Crippen molar-refractivity contribution in [3.05, 3.63) is 98.7 Å². The van der Waals surface area contributed by atoms with Crippen molar-refractivity contribution in [3.63, 3.8) is 0 Å². The molecule has 0 fully saturated rings. The Balaban J connectivity index is 1.35. The Bertz CT molecular complexity index is 1870. The van der Waals surface area contributed by atoms with E-state index in [-0.39, 0.29) is 6.04 Å². The predicted molar refractivity (Wildman–Crippen MR) is 177 cm³/mol. The molecule has 7 aliphatic rings. The summed E-state index contributed by atoms with van der Waals surface area (Å²) < 4.78 is 37.2. The summed E-state index contributed by atoms with van der Waals surface area (Å²) in [6, 6.07) is 18.1. The van der Waals surface area contributed by atoms with E-state index in [1.54, 1.807) is 28.4 Å². The van der Waals surface area contributed by atoms with Gasteiger partial charge < -0.3 is 38.3 Å². The number of rotatable bonds is 3. The number of benzene rings is 4. The fraction of sp³-hybridized carbons (Fsp3) is 0.368. The Morgan fingerprint density at radius 1 is 0.766 bits per heavy atom. The second kappa shape index (κ2) is 11.4. The number of ether oxygens (including phenoxy) is 6. The topological polar surface area (TPSA) is 81.7 Å². The molecule has 0 saturated carbocycles. The number of nitrogens with zero attached hydrogens (tertiary/aromatic N) is 2. The van der Waals surface area contributed by atoms with Crippen LogP contribution < -0.4 is 28.4 Å². The molecule has 244 valence electrons. The van der Waals surface area contributed by atoms with Gasteiger partial charge in [-0.25, -0.2) is 0 Å². The minimum atomic E-state index is -0.446. The minimum Gasteiger partial charge on any atom is -0.633 e. The van der Waals surface area contributed by atoms with Crippen molar-refractivity contribution in [1.82, 2.24) is 4.90 Å². The van der Waals surface area contributed by atoms with Crippen molar-refractivity contribution in [3.8, 4) is 46.0 Å². The van der Waals surface area contributed by atoms with Crippen LogP contribution in [0.25, 0.3) is 0 Å². The highest BCUT2D eigenvalue weighted by Gasteiger charge is 2.40. The summed E-state index contributed by atoms with van der Waals surface area (Å²) in [6.45, 7) is 1.67. The van der Waals surface area contributed by atoms with Gasteiger partial charge in [0.25, 0.3) is 0 Å². The standard InChI is InChI=1S/C38H40N2O7/c1-39-14-12-24-19-32(43-4)36-37-33(24)28(39)17-22-6-9-27(10-7-22)46-38-34-25(20-31(42-3)35(38)44-5)13-15-40(2,41)29(34)18-23-8-11-30(47-37)26(16-23)21-45-36/h6-11,16,19-20,28-29H,12-15,17-18,21H2,1-5H3/t28-,29-,40+/m1/s1. The maximum atomic E-state index is 14.3. The summed E-state index contributed by atoms with van der Waals surface area (Å²) >= 11 is 0. The molecule has 4 aromatic rings. The number of likely N-dealkylation sites (N-methyl/N-ethyl adjacent to an activating group) is 2. The second-order valence-corrected chi connectivity index (χ2v) is 13.2. The van der Waals surface area contributed by atoms with E-state index in [0.29, 0.717) is 60.5 Å². The molecule has 0 saturated heterocycles. The van der Waals surface area contributed by atoms with Crippen molar-refractivity contribution in [1.29, 1.82) is 0 Å². The van der Waals surface area contributed by atoms with Crippen LogP contribution in [0.3, 0.4) is 0 Å². The third kappa shape index (κ3) is 4.96. The molecule has 0 radical (unpaired) electrons. The maximum absolute atomic E-state index is 14.3. The first-order valence-corrected chi connectivity index (χ1v) is 16.2. The van der Waals surface area contributed by atoms with Crippen LogP contribution in [-0.4, -0.2) is 58.1 Å². The second-order valence-electron chi connectivity index (χ2n) is 13.2. The molecule has 0 spiro atoms. The number of hydrogen-bond donors (Lipinski definition) is 0. The van der Waals surface area contributed by atoms with Crippen LogP contribution in [0.1, 0.15) is 51.0 Å². The lowest BCUT2D eigenvalue weighted by molar-refractivity contribution is -0.894. The van der Waals surface area contributed by atoms with Gasteiger partial charge in [0.2, 0.25) is 11.5 Å². The van der Waals surface area contributed by atoms with Crippen LogP contribution in [-0.2, 0) is 32.3 Å². The first-order chi connectivity index (χ1) is 22.8. The van der Waals surface area contributed by atoms with Gasteiger partial charge in [0.1, 0.15) is 24.1 Å². The lowest BCUT2D eigenvalue weighted by Crippen LogP contribution is -2.47. The highest BCUT2D eigenvalue weighted by molar-refractivity contribution is 5.64. The van der Waals surface area contributed by atoms with E-state index in [0.717, 1.165) is 64.3 Å². The lowest BCUT2D eigenvalue weighted by atomic mass is 9.86. The normalized spacial score (nSPS) is 22.6. The van der Waals surface area contributed by atoms with E-state index in [2.05, 4.69) is 42.3 Å². The third-order valence-corrected chi connectivity index (χ3v) is 10.4. The van der Waals surface area contributed by atoms with Crippen LogP contribution in [0, 0.1) is 5.21 Å². The Morgan fingerprint density at radius 2 is 1.51 bits per heavy atom. The molecule has 0 unspecified atom stereocenters. The third-order valence-electron chi connectivity index (χ3n) is 10.4. The molecule has 7 aliphatic heterocycles. The van der Waals surface area contributed by atoms with Crippen molar-refractivity contribution < 1.29 is 33.1 Å². The fourth-order valence-electron chi connectivity index (χ4n) is 7.83. The van der Waals surface area contributed by atoms with E-state index in [1.807, 2.05) is 24.3 Å². The van der Waals surface area contributed by atoms with Crippen molar-refractivity contribution in [2.24, 2.45) is 0 Å². The molecule has 11 rings (SSSR count). The zero-order valence-electron chi connectivity index (χ0n) is 27.6. The van der Waals surface area contributed by atoms with E-state index in [4.69, 9.17) is 28.4 Å². The summed E-state index contributed by atoms with van der Waals surface area (Å²) in [5.74, 6) is 5.05. The number of hydroxylamine groups is 3. The van der Waals surface area contributed by atoms with E-state index < -0.39 is 10.7 Å². The maximum Gasteiger partial charge on any atom is 0.204 e. The monoisotopic (exact) mass is 636 g/mol. The molecular weight excluding hydrogens is 596 g/mol. The van der Waals surface area contributed by atoms with Crippen molar-refractivity contribution >= 4 is 0 Å². The largest absolute Gasteiger partial charge is 0.633 e. The summed E-state index contributed by atoms with van der Waals surface area (Å²) in [7, 11) is 8.84. The molecule has 9 heteroatoms. The quantitative estimate of drug-likeness (QED) is 0.175. The zero-order chi connectivity index (χ0) is 32.4. The number of methoxy groups -OCH3 is 3. The van der Waals surface area contributed by atoms with Gasteiger partial charge in [0.15, 0.2) is 23.0 Å². The van der Waals surface area contributed by atoms with Gasteiger partial charge in [-0.1, -0.05) is 18.2 Å². The number of quaternary nitrogens is 1. The lowest BCUT2D eigenvalue weighted by Gasteiger charge is -2.49. The van der Waals surface area contributed by atoms with Crippen molar-refractivity contribution in [2.45, 2.75) is 44.4 Å². The molecule has 47 heavy (non-hydrogen) atoms. The molecule has 4 aromatic carbocycles. The summed E-state index contributed by atoms with van der Waals surface area (Å²) in [6.07, 6.45) is 2.74. The van der Waals surface area contributed by atoms with Gasteiger partial charge in [0.05, 0.1) is 40.5 Å². The first-order valence-electron chi connectivity index (χ1n) is 16.2. The van der Waals surface area contributed by atoms with E-state index >= 15 is 0 Å². The Labute approximate surface area is 275 Å².